The second kappa shape index (κ2) is 8.08. The highest BCUT2D eigenvalue weighted by molar-refractivity contribution is 8.00. The summed E-state index contributed by atoms with van der Waals surface area (Å²) in [5.74, 6) is -1.29. The van der Waals surface area contributed by atoms with Gasteiger partial charge in [0.15, 0.2) is 5.16 Å². The second-order valence-corrected chi connectivity index (χ2v) is 8.30. The molecule has 0 saturated carbocycles. The predicted molar refractivity (Wildman–Crippen MR) is 109 cm³/mol. The van der Waals surface area contributed by atoms with Gasteiger partial charge in [0.2, 0.25) is 11.8 Å². The summed E-state index contributed by atoms with van der Waals surface area (Å²) in [6.07, 6.45) is -4.62. The van der Waals surface area contributed by atoms with Crippen molar-refractivity contribution >= 4 is 46.0 Å². The Kier molecular flexibility index (Phi) is 5.57. The molecule has 0 fully saturated rings. The maximum atomic E-state index is 13.6. The number of hydrogen-bond donors (Lipinski definition) is 1. The molecule has 32 heavy (non-hydrogen) atoms. The van der Waals surface area contributed by atoms with E-state index in [1.165, 1.54) is 13.0 Å². The highest BCUT2D eigenvalue weighted by Gasteiger charge is 2.35. The minimum absolute atomic E-state index is 0.0869. The Morgan fingerprint density at radius 3 is 2.59 bits per heavy atom. The molecule has 1 N–H and O–H groups in total. The van der Waals surface area contributed by atoms with E-state index in [9.17, 15) is 31.5 Å². The molecular weight excluding hydrogens is 455 g/mol. The van der Waals surface area contributed by atoms with Crippen molar-refractivity contribution in [2.45, 2.75) is 30.1 Å². The summed E-state index contributed by atoms with van der Waals surface area (Å²) < 4.78 is 67.0. The molecular formula is C20H15F5N4O2S. The number of carbonyl (C=O) groups excluding carboxylic acids is 2. The van der Waals surface area contributed by atoms with Crippen molar-refractivity contribution in [3.63, 3.8) is 0 Å². The van der Waals surface area contributed by atoms with Gasteiger partial charge in [-0.3, -0.25) is 19.1 Å². The van der Waals surface area contributed by atoms with Crippen LogP contribution in [0.15, 0.2) is 47.6 Å². The Bertz CT molecular complexity index is 1210. The molecule has 0 saturated heterocycles. The van der Waals surface area contributed by atoms with Crippen molar-refractivity contribution in [1.29, 1.82) is 0 Å². The van der Waals surface area contributed by atoms with Crippen LogP contribution in [0.3, 0.4) is 0 Å². The Labute approximate surface area is 182 Å². The van der Waals surface area contributed by atoms with E-state index in [2.05, 4.69) is 10.3 Å². The van der Waals surface area contributed by atoms with Gasteiger partial charge in [-0.25, -0.2) is 4.98 Å². The highest BCUT2D eigenvalue weighted by atomic mass is 32.2. The molecule has 12 heteroatoms. The summed E-state index contributed by atoms with van der Waals surface area (Å²) >= 11 is 0.778. The normalized spacial score (nSPS) is 15.1. The lowest BCUT2D eigenvalue weighted by molar-refractivity contribution is -0.137. The number of alkyl halides is 5. The van der Waals surface area contributed by atoms with Gasteiger partial charge >= 0.3 is 12.7 Å². The van der Waals surface area contributed by atoms with Gasteiger partial charge in [-0.05, 0) is 37.3 Å². The quantitative estimate of drug-likeness (QED) is 0.435. The van der Waals surface area contributed by atoms with Gasteiger partial charge in [0, 0.05) is 0 Å². The van der Waals surface area contributed by atoms with Gasteiger partial charge in [0.25, 0.3) is 0 Å². The SMILES string of the molecule is CC(Sc1nc2ccccc2n1C(F)F)C(=O)N1CC(=O)Nc2cc(C(F)(F)F)ccc21. The van der Waals surface area contributed by atoms with Crippen LogP contribution in [0.5, 0.6) is 0 Å². The third kappa shape index (κ3) is 4.01. The lowest BCUT2D eigenvalue weighted by Gasteiger charge is -2.31. The van der Waals surface area contributed by atoms with Crippen LogP contribution in [0.1, 0.15) is 19.0 Å². The minimum atomic E-state index is -4.62. The molecule has 0 radical (unpaired) electrons. The van der Waals surface area contributed by atoms with Crippen LogP contribution in [0.25, 0.3) is 11.0 Å². The van der Waals surface area contributed by atoms with E-state index in [0.29, 0.717) is 10.1 Å². The number of imidazole rings is 1. The van der Waals surface area contributed by atoms with Gasteiger partial charge in [-0.2, -0.15) is 22.0 Å². The van der Waals surface area contributed by atoms with Crippen LogP contribution in [-0.4, -0.2) is 33.2 Å². The number of nitrogens with one attached hydrogen (secondary N) is 1. The molecule has 1 atom stereocenters. The molecule has 1 aromatic heterocycles. The van der Waals surface area contributed by atoms with E-state index < -0.39 is 41.9 Å². The van der Waals surface area contributed by atoms with Crippen molar-refractivity contribution in [1.82, 2.24) is 9.55 Å². The van der Waals surface area contributed by atoms with Gasteiger partial charge < -0.3 is 5.32 Å². The average Bonchev–Trinajstić information content (AvgIpc) is 3.09. The zero-order chi connectivity index (χ0) is 23.2. The topological polar surface area (TPSA) is 67.2 Å². The van der Waals surface area contributed by atoms with Gasteiger partial charge in [-0.1, -0.05) is 23.9 Å². The van der Waals surface area contributed by atoms with Gasteiger partial charge in [0.05, 0.1) is 33.2 Å². The van der Waals surface area contributed by atoms with Crippen LogP contribution < -0.4 is 10.2 Å². The number of aromatic nitrogens is 2. The first-order valence-corrected chi connectivity index (χ1v) is 10.2. The molecule has 4 rings (SSSR count). The number of rotatable bonds is 4. The van der Waals surface area contributed by atoms with E-state index in [4.69, 9.17) is 0 Å². The molecule has 168 valence electrons. The van der Waals surface area contributed by atoms with Crippen LogP contribution in [-0.2, 0) is 15.8 Å². The lowest BCUT2D eigenvalue weighted by Crippen LogP contribution is -2.45. The monoisotopic (exact) mass is 470 g/mol. The summed E-state index contributed by atoms with van der Waals surface area (Å²) in [5, 5.41) is 1.29. The Morgan fingerprint density at radius 2 is 1.91 bits per heavy atom. The molecule has 1 aliphatic heterocycles. The minimum Gasteiger partial charge on any atom is -0.323 e. The number of thioether (sulfide) groups is 1. The molecule has 2 amide bonds. The fraction of sp³-hybridized carbons (Fsp3) is 0.250. The van der Waals surface area contributed by atoms with E-state index in [1.807, 2.05) is 0 Å². The molecule has 0 bridgehead atoms. The third-order valence-electron chi connectivity index (χ3n) is 4.85. The second-order valence-electron chi connectivity index (χ2n) is 6.99. The maximum Gasteiger partial charge on any atom is 0.416 e. The Hall–Kier alpha value is -3.15. The number of hydrogen-bond acceptors (Lipinski definition) is 4. The van der Waals surface area contributed by atoms with Crippen LogP contribution in [0.2, 0.25) is 0 Å². The van der Waals surface area contributed by atoms with Crippen LogP contribution in [0, 0.1) is 0 Å². The van der Waals surface area contributed by atoms with E-state index in [1.54, 1.807) is 18.2 Å². The zero-order valence-corrected chi connectivity index (χ0v) is 17.2. The third-order valence-corrected chi connectivity index (χ3v) is 5.90. The number of anilines is 2. The first-order chi connectivity index (χ1) is 15.1. The van der Waals surface area contributed by atoms with Crippen molar-refractivity contribution in [3.05, 3.63) is 48.0 Å². The number of para-hydroxylation sites is 2. The van der Waals surface area contributed by atoms with Crippen LogP contribution in [0.4, 0.5) is 33.3 Å². The zero-order valence-electron chi connectivity index (χ0n) is 16.4. The molecule has 0 spiro atoms. The van der Waals surface area contributed by atoms with Gasteiger partial charge in [0.1, 0.15) is 6.54 Å². The molecule has 0 aliphatic carbocycles. The average molecular weight is 470 g/mol. The van der Waals surface area contributed by atoms with E-state index in [-0.39, 0.29) is 22.0 Å². The number of benzene rings is 2. The standard InChI is InChI=1S/C20H15F5N4O2S/c1-10(32-19-27-12-4-2-3-5-15(12)29(19)18(21)22)17(31)28-9-16(30)26-13-8-11(20(23,24)25)6-7-14(13)28/h2-8,10,18H,9H2,1H3,(H,26,30). The fourth-order valence-corrected chi connectivity index (χ4v) is 4.37. The largest absolute Gasteiger partial charge is 0.416 e. The van der Waals surface area contributed by atoms with E-state index in [0.717, 1.165) is 34.9 Å². The van der Waals surface area contributed by atoms with Crippen molar-refractivity contribution < 1.29 is 31.5 Å². The number of fused-ring (bicyclic) bond motifs is 2. The summed E-state index contributed by atoms with van der Waals surface area (Å²) in [4.78, 5) is 30.3. The molecule has 1 aliphatic rings. The number of halogens is 5. The summed E-state index contributed by atoms with van der Waals surface area (Å²) in [5.41, 5.74) is -0.498. The lowest BCUT2D eigenvalue weighted by atomic mass is 10.1. The number of nitrogens with zero attached hydrogens (tertiary/aromatic N) is 3. The van der Waals surface area contributed by atoms with E-state index >= 15 is 0 Å². The molecule has 3 aromatic rings. The van der Waals surface area contributed by atoms with Crippen molar-refractivity contribution in [3.8, 4) is 0 Å². The fourth-order valence-electron chi connectivity index (χ4n) is 3.39. The number of amides is 2. The first-order valence-electron chi connectivity index (χ1n) is 9.30. The molecule has 1 unspecified atom stereocenters. The molecule has 2 heterocycles. The molecule has 6 nitrogen and oxygen atoms in total. The summed E-state index contributed by atoms with van der Waals surface area (Å²) in [6.45, 7) is -1.85. The Balaban J connectivity index is 1.64. The highest BCUT2D eigenvalue weighted by Crippen LogP contribution is 2.38. The number of carbonyl (C=O) groups is 2. The molecule has 2 aromatic carbocycles. The van der Waals surface area contributed by atoms with Crippen LogP contribution >= 0.6 is 11.8 Å². The van der Waals surface area contributed by atoms with Crippen molar-refractivity contribution in [2.24, 2.45) is 0 Å². The summed E-state index contributed by atoms with van der Waals surface area (Å²) in [7, 11) is 0. The Morgan fingerprint density at radius 1 is 1.19 bits per heavy atom. The summed E-state index contributed by atoms with van der Waals surface area (Å²) in [6, 6.07) is 8.94. The maximum absolute atomic E-state index is 13.6. The predicted octanol–water partition coefficient (Wildman–Crippen LogP) is 4.92. The van der Waals surface area contributed by atoms with Crippen molar-refractivity contribution in [2.75, 3.05) is 16.8 Å². The van der Waals surface area contributed by atoms with Gasteiger partial charge in [-0.15, -0.1) is 0 Å². The smallest absolute Gasteiger partial charge is 0.323 e. The first kappa shape index (κ1) is 22.1.